The third kappa shape index (κ3) is 4.11. The Morgan fingerprint density at radius 1 is 1.36 bits per heavy atom. The fraction of sp³-hybridized carbons (Fsp3) is 0.304. The highest BCUT2D eigenvalue weighted by atomic mass is 32.1. The zero-order chi connectivity index (χ0) is 23.1. The lowest BCUT2D eigenvalue weighted by molar-refractivity contribution is -0.123. The molecular weight excluding hydrogens is 460 g/mol. The van der Waals surface area contributed by atoms with Gasteiger partial charge in [0.25, 0.3) is 11.8 Å². The number of rotatable bonds is 5. The Labute approximate surface area is 198 Å². The number of benzene rings is 1. The predicted molar refractivity (Wildman–Crippen MR) is 128 cm³/mol. The van der Waals surface area contributed by atoms with E-state index in [9.17, 15) is 14.4 Å². The number of thiophene rings is 1. The van der Waals surface area contributed by atoms with Crippen molar-refractivity contribution in [3.63, 3.8) is 0 Å². The van der Waals surface area contributed by atoms with Crippen LogP contribution in [-0.2, 0) is 22.4 Å². The highest BCUT2D eigenvalue weighted by Gasteiger charge is 2.30. The minimum atomic E-state index is -0.543. The number of hydrogen-bond donors (Lipinski definition) is 2. The van der Waals surface area contributed by atoms with Crippen molar-refractivity contribution in [2.45, 2.75) is 26.2 Å². The summed E-state index contributed by atoms with van der Waals surface area (Å²) in [5.74, 6) is -0.209. The summed E-state index contributed by atoms with van der Waals surface area (Å²) in [7, 11) is 0. The summed E-state index contributed by atoms with van der Waals surface area (Å²) in [5, 5.41) is 5.21. The molecule has 1 aliphatic carbocycles. The van der Waals surface area contributed by atoms with Gasteiger partial charge in [-0.05, 0) is 48.9 Å². The molecule has 2 aliphatic rings. The van der Waals surface area contributed by atoms with Crippen LogP contribution in [0, 0.1) is 5.92 Å². The van der Waals surface area contributed by atoms with Gasteiger partial charge in [-0.1, -0.05) is 6.92 Å². The number of amides is 3. The van der Waals surface area contributed by atoms with Crippen molar-refractivity contribution in [3.05, 3.63) is 45.1 Å². The molecule has 1 aromatic carbocycles. The second-order valence-electron chi connectivity index (χ2n) is 8.29. The van der Waals surface area contributed by atoms with Gasteiger partial charge in [0.2, 0.25) is 5.91 Å². The summed E-state index contributed by atoms with van der Waals surface area (Å²) >= 11 is 2.88. The highest BCUT2D eigenvalue weighted by molar-refractivity contribution is 7.17. The molecule has 0 radical (unpaired) electrons. The Bertz CT molecular complexity index is 1250. The van der Waals surface area contributed by atoms with Crippen LogP contribution in [0.15, 0.2) is 29.1 Å². The van der Waals surface area contributed by atoms with E-state index in [-0.39, 0.29) is 19.1 Å². The number of primary amides is 1. The first-order chi connectivity index (χ1) is 15.9. The largest absolute Gasteiger partial charge is 0.482 e. The van der Waals surface area contributed by atoms with Gasteiger partial charge in [-0.3, -0.25) is 19.3 Å². The minimum absolute atomic E-state index is 0.145. The van der Waals surface area contributed by atoms with E-state index in [1.807, 2.05) is 11.4 Å². The Morgan fingerprint density at radius 3 is 2.97 bits per heavy atom. The quantitative estimate of drug-likeness (QED) is 0.578. The smallest absolute Gasteiger partial charge is 0.265 e. The van der Waals surface area contributed by atoms with Crippen molar-refractivity contribution in [3.8, 4) is 17.0 Å². The summed E-state index contributed by atoms with van der Waals surface area (Å²) in [6.45, 7) is 1.83. The first-order valence-electron chi connectivity index (χ1n) is 10.6. The van der Waals surface area contributed by atoms with E-state index < -0.39 is 11.8 Å². The van der Waals surface area contributed by atoms with Crippen LogP contribution in [0.3, 0.4) is 0 Å². The summed E-state index contributed by atoms with van der Waals surface area (Å²) in [6, 6.07) is 5.45. The SMILES string of the molecule is CC1CCc2c(sc(NC(=O)CN3C(=O)COc4ccc(-c5cscn5)cc43)c2C(N)=O)C1. The second kappa shape index (κ2) is 8.60. The molecule has 0 bridgehead atoms. The molecule has 1 unspecified atom stereocenters. The summed E-state index contributed by atoms with van der Waals surface area (Å²) in [5.41, 5.74) is 10.9. The maximum absolute atomic E-state index is 13.0. The topological polar surface area (TPSA) is 115 Å². The average molecular weight is 483 g/mol. The zero-order valence-corrected chi connectivity index (χ0v) is 19.6. The number of carbonyl (C=O) groups is 3. The van der Waals surface area contributed by atoms with E-state index in [0.717, 1.165) is 41.0 Å². The molecule has 0 spiro atoms. The van der Waals surface area contributed by atoms with Gasteiger partial charge < -0.3 is 15.8 Å². The molecule has 33 heavy (non-hydrogen) atoms. The lowest BCUT2D eigenvalue weighted by Gasteiger charge is -2.29. The number of hydrogen-bond acceptors (Lipinski definition) is 7. The number of anilines is 2. The first-order valence-corrected chi connectivity index (χ1v) is 12.4. The summed E-state index contributed by atoms with van der Waals surface area (Å²) in [6.07, 6.45) is 2.62. The summed E-state index contributed by atoms with van der Waals surface area (Å²) < 4.78 is 5.55. The molecule has 0 fully saturated rings. The Balaban J connectivity index is 1.41. The van der Waals surface area contributed by atoms with Gasteiger partial charge in [0, 0.05) is 15.8 Å². The molecule has 3 amide bonds. The molecule has 5 rings (SSSR count). The van der Waals surface area contributed by atoms with E-state index >= 15 is 0 Å². The van der Waals surface area contributed by atoms with E-state index in [4.69, 9.17) is 10.5 Å². The maximum Gasteiger partial charge on any atom is 0.265 e. The van der Waals surface area contributed by atoms with Crippen LogP contribution in [0.2, 0.25) is 0 Å². The molecule has 3 aromatic rings. The van der Waals surface area contributed by atoms with Crippen molar-refractivity contribution < 1.29 is 19.1 Å². The monoisotopic (exact) mass is 482 g/mol. The molecule has 0 saturated carbocycles. The Morgan fingerprint density at radius 2 is 2.21 bits per heavy atom. The van der Waals surface area contributed by atoms with Gasteiger partial charge in [0.05, 0.1) is 22.5 Å². The third-order valence-corrected chi connectivity index (χ3v) is 7.70. The van der Waals surface area contributed by atoms with Gasteiger partial charge in [0.15, 0.2) is 6.61 Å². The molecule has 0 saturated heterocycles. The first kappa shape index (κ1) is 21.6. The molecular formula is C23H22N4O4S2. The highest BCUT2D eigenvalue weighted by Crippen LogP contribution is 2.40. The van der Waals surface area contributed by atoms with Gasteiger partial charge >= 0.3 is 0 Å². The third-order valence-electron chi connectivity index (χ3n) is 5.94. The molecule has 2 aromatic heterocycles. The number of ether oxygens (including phenoxy) is 1. The van der Waals surface area contributed by atoms with E-state index in [1.54, 1.807) is 17.6 Å². The zero-order valence-electron chi connectivity index (χ0n) is 17.9. The van der Waals surface area contributed by atoms with E-state index in [2.05, 4.69) is 17.2 Å². The van der Waals surface area contributed by atoms with Crippen LogP contribution in [0.5, 0.6) is 5.75 Å². The number of carbonyl (C=O) groups excluding carboxylic acids is 3. The van der Waals surface area contributed by atoms with Gasteiger partial charge in [-0.25, -0.2) is 4.98 Å². The van der Waals surface area contributed by atoms with Crippen LogP contribution in [0.4, 0.5) is 10.7 Å². The maximum atomic E-state index is 13.0. The van der Waals surface area contributed by atoms with Crippen molar-refractivity contribution in [1.29, 1.82) is 0 Å². The Hall–Kier alpha value is -3.24. The van der Waals surface area contributed by atoms with Gasteiger partial charge in [-0.2, -0.15) is 0 Å². The van der Waals surface area contributed by atoms with Crippen LogP contribution in [0.1, 0.15) is 34.1 Å². The lowest BCUT2D eigenvalue weighted by Crippen LogP contribution is -2.43. The van der Waals surface area contributed by atoms with Crippen LogP contribution in [-0.4, -0.2) is 35.9 Å². The lowest BCUT2D eigenvalue weighted by atomic mass is 9.88. The van der Waals surface area contributed by atoms with Crippen molar-refractivity contribution >= 4 is 51.1 Å². The standard InChI is InChI=1S/C23H22N4O4S2/c1-12-2-4-14-18(6-12)33-23(21(14)22(24)30)26-19(28)8-27-16-7-13(15-10-32-11-25-15)3-5-17(16)31-9-20(27)29/h3,5,7,10-12H,2,4,6,8-9H2,1H3,(H2,24,30)(H,26,28). The van der Waals surface area contributed by atoms with Gasteiger partial charge in [-0.15, -0.1) is 22.7 Å². The van der Waals surface area contributed by atoms with Crippen molar-refractivity contribution in [1.82, 2.24) is 4.98 Å². The predicted octanol–water partition coefficient (Wildman–Crippen LogP) is 3.46. The molecule has 3 N–H and O–H groups in total. The molecule has 1 aliphatic heterocycles. The number of fused-ring (bicyclic) bond motifs is 2. The minimum Gasteiger partial charge on any atom is -0.482 e. The normalized spacial score (nSPS) is 17.2. The van der Waals surface area contributed by atoms with Crippen LogP contribution < -0.4 is 20.7 Å². The van der Waals surface area contributed by atoms with Crippen molar-refractivity contribution in [2.75, 3.05) is 23.4 Å². The molecule has 170 valence electrons. The van der Waals surface area contributed by atoms with Crippen molar-refractivity contribution in [2.24, 2.45) is 11.7 Å². The molecule has 3 heterocycles. The number of nitrogens with zero attached hydrogens (tertiary/aromatic N) is 2. The molecule has 8 nitrogen and oxygen atoms in total. The Kier molecular flexibility index (Phi) is 5.63. The van der Waals surface area contributed by atoms with E-state index in [0.29, 0.717) is 27.9 Å². The average Bonchev–Trinajstić information content (AvgIpc) is 3.43. The van der Waals surface area contributed by atoms with Crippen LogP contribution in [0.25, 0.3) is 11.3 Å². The number of nitrogens with two attached hydrogens (primary N) is 1. The second-order valence-corrected chi connectivity index (χ2v) is 10.1. The fourth-order valence-corrected chi connectivity index (χ4v) is 6.29. The molecule has 1 atom stereocenters. The fourth-order valence-electron chi connectivity index (χ4n) is 4.30. The number of nitrogens with one attached hydrogen (secondary N) is 1. The van der Waals surface area contributed by atoms with E-state index in [1.165, 1.54) is 27.6 Å². The molecule has 10 heteroatoms. The summed E-state index contributed by atoms with van der Waals surface area (Å²) in [4.78, 5) is 44.6. The van der Waals surface area contributed by atoms with Crippen LogP contribution >= 0.6 is 22.7 Å². The van der Waals surface area contributed by atoms with Gasteiger partial charge in [0.1, 0.15) is 17.3 Å². The number of aromatic nitrogens is 1. The number of thiazole rings is 1.